The number of aromatic nitrogens is 3. The van der Waals surface area contributed by atoms with E-state index in [1.54, 1.807) is 46.2 Å². The Labute approximate surface area is 517 Å². The average molecular weight is 1370 g/mol. The van der Waals surface area contributed by atoms with Crippen molar-refractivity contribution >= 4 is 165 Å². The number of aryl methyl sites for hydroxylation is 2. The minimum absolute atomic E-state index is 0.320. The van der Waals surface area contributed by atoms with Gasteiger partial charge in [-0.1, -0.05) is 162 Å². The number of anilines is 2. The van der Waals surface area contributed by atoms with Crippen LogP contribution in [-0.2, 0) is 39.9 Å². The molecule has 0 fully saturated rings. The average Bonchev–Trinajstić information content (AvgIpc) is 4.41. The number of thiazole rings is 2. The summed E-state index contributed by atoms with van der Waals surface area (Å²) in [5, 5.41) is 5.77. The van der Waals surface area contributed by atoms with Crippen LogP contribution in [0.2, 0.25) is 10.0 Å². The van der Waals surface area contributed by atoms with Crippen molar-refractivity contribution in [2.24, 2.45) is 0 Å². The van der Waals surface area contributed by atoms with Gasteiger partial charge in [-0.15, -0.1) is 0 Å². The van der Waals surface area contributed by atoms with Crippen molar-refractivity contribution in [3.8, 4) is 11.1 Å². The third-order valence-corrected chi connectivity index (χ3v) is 20.6. The van der Waals surface area contributed by atoms with Gasteiger partial charge in [-0.25, -0.2) is 21.4 Å². The van der Waals surface area contributed by atoms with Crippen LogP contribution in [0.15, 0.2) is 187 Å². The first kappa shape index (κ1) is 61.0. The smallest absolute Gasteiger partial charge is 0.265 e. The molecule has 0 aliphatic carbocycles. The summed E-state index contributed by atoms with van der Waals surface area (Å²) in [4.78, 5) is 6.93. The predicted molar refractivity (Wildman–Crippen MR) is 341 cm³/mol. The number of hydrogen-bond donors (Lipinski definition) is 0. The van der Waals surface area contributed by atoms with E-state index in [-0.39, 0.29) is 11.5 Å². The molecule has 6 aromatic carbocycles. The number of rotatable bonds is 17. The Morgan fingerprint density at radius 2 is 1.00 bits per heavy atom. The molecule has 0 bridgehead atoms. The molecule has 0 saturated heterocycles. The Morgan fingerprint density at radius 3 is 1.56 bits per heavy atom. The van der Waals surface area contributed by atoms with E-state index in [4.69, 9.17) is 23.2 Å². The van der Waals surface area contributed by atoms with Gasteiger partial charge < -0.3 is 18.9 Å². The molecule has 21 heteroatoms. The predicted octanol–water partition coefficient (Wildman–Crippen LogP) is 15.4. The lowest BCUT2D eigenvalue weighted by molar-refractivity contribution is -0.688. The molecule has 420 valence electrons. The maximum Gasteiger partial charge on any atom is 0.265 e. The first-order valence-corrected chi connectivity index (χ1v) is 34.8. The van der Waals surface area contributed by atoms with E-state index in [1.165, 1.54) is 27.3 Å². The number of hydrogen-bond acceptors (Lipinski definition) is 12. The molecule has 81 heavy (non-hydrogen) atoms. The normalized spacial score (nSPS) is 14.1. The Morgan fingerprint density at radius 1 is 0.543 bits per heavy atom. The molecule has 0 amide bonds. The SMILES string of the molecule is CCN1C(=Cc2sc3ccc(Br)cc3[n+]2CCCCS(=O)(=O)[O-])Sc2ccc(Br)cc21.CCN1C(=Cc2sc3ccc(Cl)cc3[n+]2CCCCS(=O)(=O)[O-])Sc2ccc(Cl)cc21.c1ccc(C[n+]2ccc(-c3ccccc3)cc2)cc1. The highest BCUT2D eigenvalue weighted by atomic mass is 79.9. The van der Waals surface area contributed by atoms with Crippen molar-refractivity contribution in [1.29, 1.82) is 0 Å². The molecule has 0 unspecified atom stereocenters. The summed E-state index contributed by atoms with van der Waals surface area (Å²) in [5.74, 6) is -0.665. The monoisotopic (exact) mass is 1360 g/mol. The summed E-state index contributed by atoms with van der Waals surface area (Å²) >= 11 is 26.4. The molecule has 2 aliphatic heterocycles. The van der Waals surface area contributed by atoms with Gasteiger partial charge in [0.2, 0.25) is 11.0 Å². The summed E-state index contributed by atoms with van der Waals surface area (Å²) < 4.78 is 76.6. The number of pyridine rings is 1. The number of benzene rings is 6. The Bertz CT molecular complexity index is 3790. The standard InChI is InChI=1S/C21H20Br2N2O3S3.C21H20Cl2N2O3S3.C18H16N/c2*1-2-24-16-11-14(22)5-7-18(16)29-20(24)13-21-25(9-3-4-10-31(26,27)28)17-12-15(23)6-8-19(17)30-21;1-3-7-16(8-4-1)15-19-13-11-18(12-14-19)17-9-5-2-6-10-17/h2*5-8,11-13H,2-4,9-10H2,1H3;1-14H,15H2/q;;+1. The molecule has 11 nitrogen and oxygen atoms in total. The van der Waals surface area contributed by atoms with Gasteiger partial charge in [0.05, 0.1) is 53.8 Å². The summed E-state index contributed by atoms with van der Waals surface area (Å²) in [7, 11) is -8.38. The largest absolute Gasteiger partial charge is 0.748 e. The van der Waals surface area contributed by atoms with E-state index >= 15 is 0 Å². The van der Waals surface area contributed by atoms with E-state index in [9.17, 15) is 25.9 Å². The van der Waals surface area contributed by atoms with E-state index < -0.39 is 20.2 Å². The first-order valence-electron chi connectivity index (χ1n) is 26.0. The van der Waals surface area contributed by atoms with Crippen LogP contribution in [0.5, 0.6) is 0 Å². The van der Waals surface area contributed by atoms with Gasteiger partial charge in [-0.2, -0.15) is 9.13 Å². The maximum atomic E-state index is 11.0. The topological polar surface area (TPSA) is 133 Å². The molecule has 2 aliphatic rings. The van der Waals surface area contributed by atoms with Gasteiger partial charge in [0.1, 0.15) is 9.40 Å². The van der Waals surface area contributed by atoms with Crippen LogP contribution in [-0.4, -0.2) is 50.5 Å². The van der Waals surface area contributed by atoms with Crippen LogP contribution < -0.4 is 23.5 Å². The van der Waals surface area contributed by atoms with Crippen LogP contribution in [0.25, 0.3) is 43.7 Å². The molecular formula is C60H56Br2Cl2N5O6S6+. The van der Waals surface area contributed by atoms with Crippen molar-refractivity contribution in [1.82, 2.24) is 0 Å². The summed E-state index contributed by atoms with van der Waals surface area (Å²) in [6, 6.07) is 49.5. The molecule has 0 radical (unpaired) electrons. The molecular weight excluding hydrogens is 1310 g/mol. The number of unbranched alkanes of at least 4 members (excludes halogenated alkanes) is 2. The first-order chi connectivity index (χ1) is 38.9. The van der Waals surface area contributed by atoms with Crippen LogP contribution in [0.1, 0.15) is 55.1 Å². The Hall–Kier alpha value is -4.61. The molecule has 0 N–H and O–H groups in total. The van der Waals surface area contributed by atoms with Gasteiger partial charge in [0, 0.05) is 96.0 Å². The molecule has 3 aromatic heterocycles. The summed E-state index contributed by atoms with van der Waals surface area (Å²) in [5.41, 5.74) is 8.23. The second kappa shape index (κ2) is 27.9. The highest BCUT2D eigenvalue weighted by Crippen LogP contribution is 2.49. The highest BCUT2D eigenvalue weighted by molar-refractivity contribution is 9.10. The molecule has 0 saturated carbocycles. The Kier molecular flexibility index (Phi) is 21.0. The fourth-order valence-electron chi connectivity index (χ4n) is 9.33. The van der Waals surface area contributed by atoms with E-state index in [0.717, 1.165) is 79.7 Å². The highest BCUT2D eigenvalue weighted by Gasteiger charge is 2.29. The number of halogens is 4. The lowest BCUT2D eigenvalue weighted by Crippen LogP contribution is -2.35. The van der Waals surface area contributed by atoms with Gasteiger partial charge in [-0.05, 0) is 98.5 Å². The fourth-order valence-corrected chi connectivity index (χ4v) is 16.1. The van der Waals surface area contributed by atoms with Crippen molar-refractivity contribution in [3.05, 3.63) is 203 Å². The maximum absolute atomic E-state index is 11.0. The minimum atomic E-state index is -4.20. The third kappa shape index (κ3) is 16.4. The molecule has 9 aromatic rings. The Balaban J connectivity index is 0.000000151. The van der Waals surface area contributed by atoms with E-state index in [2.05, 4.69) is 185 Å². The van der Waals surface area contributed by atoms with E-state index in [1.807, 2.05) is 54.6 Å². The van der Waals surface area contributed by atoms with Gasteiger partial charge in [0.25, 0.3) is 10.0 Å². The van der Waals surface area contributed by atoms with Crippen molar-refractivity contribution in [2.75, 3.05) is 34.4 Å². The number of thioether (sulfide) groups is 2. The lowest BCUT2D eigenvalue weighted by Gasteiger charge is -2.17. The zero-order valence-corrected chi connectivity index (χ0v) is 53.7. The van der Waals surface area contributed by atoms with Gasteiger partial charge in [-0.3, -0.25) is 0 Å². The minimum Gasteiger partial charge on any atom is -0.748 e. The second-order valence-corrected chi connectivity index (χ2v) is 28.8. The van der Waals surface area contributed by atoms with Crippen LogP contribution in [0, 0.1) is 0 Å². The molecule has 5 heterocycles. The van der Waals surface area contributed by atoms with Crippen molar-refractivity contribution < 1.29 is 39.6 Å². The summed E-state index contributed by atoms with van der Waals surface area (Å²) in [6.45, 7) is 8.08. The number of nitrogens with zero attached hydrogens (tertiary/aromatic N) is 5. The van der Waals surface area contributed by atoms with Crippen LogP contribution in [0.4, 0.5) is 11.4 Å². The zero-order valence-electron chi connectivity index (χ0n) is 44.1. The van der Waals surface area contributed by atoms with Crippen molar-refractivity contribution in [2.45, 2.75) is 69.0 Å². The van der Waals surface area contributed by atoms with Crippen molar-refractivity contribution in [3.63, 3.8) is 0 Å². The third-order valence-electron chi connectivity index (χ3n) is 13.2. The lowest BCUT2D eigenvalue weighted by atomic mass is 10.1. The van der Waals surface area contributed by atoms with Crippen LogP contribution in [0.3, 0.4) is 0 Å². The fraction of sp³-hybridized carbons (Fsp3) is 0.217. The van der Waals surface area contributed by atoms with Crippen LogP contribution >= 0.6 is 101 Å². The number of fused-ring (bicyclic) bond motifs is 4. The van der Waals surface area contributed by atoms with Gasteiger partial charge >= 0.3 is 0 Å². The molecule has 11 rings (SSSR count). The zero-order chi connectivity index (χ0) is 57.3. The second-order valence-electron chi connectivity index (χ2n) is 18.8. The quantitative estimate of drug-likeness (QED) is 0.0493. The van der Waals surface area contributed by atoms with Gasteiger partial charge in [0.15, 0.2) is 32.0 Å². The van der Waals surface area contributed by atoms with E-state index in [0.29, 0.717) is 48.8 Å². The molecule has 0 spiro atoms. The summed E-state index contributed by atoms with van der Waals surface area (Å²) in [6.07, 6.45) is 10.5. The molecule has 0 atom stereocenters.